The fraction of sp³-hybridized carbons (Fsp3) is 0.455. The van der Waals surface area contributed by atoms with E-state index in [-0.39, 0.29) is 16.7 Å². The number of ether oxygens (including phenoxy) is 1. The molecule has 1 fully saturated rings. The highest BCUT2D eigenvalue weighted by Crippen LogP contribution is 2.17. The Labute approximate surface area is 101 Å². The Morgan fingerprint density at radius 1 is 1.41 bits per heavy atom. The number of nitrogen functional groups attached to an aromatic ring is 1. The molecule has 0 aliphatic carbocycles. The number of nitrogens with one attached hydrogen (secondary N) is 1. The smallest absolute Gasteiger partial charge is 0.242 e. The molecule has 1 heterocycles. The molecular weight excluding hydrogens is 240 g/mol. The molecule has 1 aliphatic rings. The second-order valence-corrected chi connectivity index (χ2v) is 5.76. The standard InChI is InChI=1S/C11H16N2O3S/c12-10-5-1-2-6-11(10)17(14,15)13-8-9-4-3-7-16-9/h1-2,5-6,9,13H,3-4,7-8,12H2/t9-/m0/s1. The number of para-hydroxylation sites is 1. The molecule has 1 aromatic rings. The minimum absolute atomic E-state index is 0.0188. The molecule has 5 nitrogen and oxygen atoms in total. The maximum Gasteiger partial charge on any atom is 0.242 e. The largest absolute Gasteiger partial charge is 0.398 e. The molecule has 1 aliphatic heterocycles. The fourth-order valence-corrected chi connectivity index (χ4v) is 3.01. The summed E-state index contributed by atoms with van der Waals surface area (Å²) in [6.45, 7) is 1.01. The summed E-state index contributed by atoms with van der Waals surface area (Å²) in [6, 6.07) is 6.42. The topological polar surface area (TPSA) is 81.4 Å². The molecule has 0 saturated carbocycles. The first-order valence-corrected chi connectivity index (χ1v) is 7.04. The van der Waals surface area contributed by atoms with Crippen LogP contribution in [0.3, 0.4) is 0 Å². The Morgan fingerprint density at radius 3 is 2.82 bits per heavy atom. The summed E-state index contributed by atoms with van der Waals surface area (Å²) in [5, 5.41) is 0. The predicted octanol–water partition coefficient (Wildman–Crippen LogP) is 0.726. The van der Waals surface area contributed by atoms with Crippen LogP contribution in [0.1, 0.15) is 12.8 Å². The van der Waals surface area contributed by atoms with Crippen molar-refractivity contribution >= 4 is 15.7 Å². The molecule has 6 heteroatoms. The Bertz CT molecular complexity index is 481. The monoisotopic (exact) mass is 256 g/mol. The van der Waals surface area contributed by atoms with Crippen molar-refractivity contribution < 1.29 is 13.2 Å². The summed E-state index contributed by atoms with van der Waals surface area (Å²) in [6.07, 6.45) is 1.86. The summed E-state index contributed by atoms with van der Waals surface area (Å²) in [5.74, 6) is 0. The average molecular weight is 256 g/mol. The van der Waals surface area contributed by atoms with E-state index in [9.17, 15) is 8.42 Å². The lowest BCUT2D eigenvalue weighted by Gasteiger charge is -2.12. The van der Waals surface area contributed by atoms with Crippen molar-refractivity contribution in [1.82, 2.24) is 4.72 Å². The number of nitrogens with two attached hydrogens (primary N) is 1. The third-order valence-corrected chi connectivity index (χ3v) is 4.23. The van der Waals surface area contributed by atoms with E-state index in [0.29, 0.717) is 13.2 Å². The number of rotatable bonds is 4. The lowest BCUT2D eigenvalue weighted by Crippen LogP contribution is -2.32. The van der Waals surface area contributed by atoms with Crippen LogP contribution in [-0.4, -0.2) is 27.7 Å². The third kappa shape index (κ3) is 2.96. The van der Waals surface area contributed by atoms with Crippen molar-refractivity contribution in [3.8, 4) is 0 Å². The number of sulfonamides is 1. The van der Waals surface area contributed by atoms with Gasteiger partial charge in [-0.05, 0) is 25.0 Å². The van der Waals surface area contributed by atoms with Crippen LogP contribution >= 0.6 is 0 Å². The van der Waals surface area contributed by atoms with Gasteiger partial charge < -0.3 is 10.5 Å². The highest BCUT2D eigenvalue weighted by molar-refractivity contribution is 7.89. The first kappa shape index (κ1) is 12.3. The predicted molar refractivity (Wildman–Crippen MR) is 65.0 cm³/mol. The van der Waals surface area contributed by atoms with Crippen LogP contribution in [-0.2, 0) is 14.8 Å². The first-order valence-electron chi connectivity index (χ1n) is 5.55. The zero-order valence-corrected chi connectivity index (χ0v) is 10.2. The van der Waals surface area contributed by atoms with Crippen LogP contribution in [0.5, 0.6) is 0 Å². The van der Waals surface area contributed by atoms with Gasteiger partial charge in [-0.15, -0.1) is 0 Å². The van der Waals surface area contributed by atoms with Crippen molar-refractivity contribution in [2.24, 2.45) is 0 Å². The van der Waals surface area contributed by atoms with Gasteiger partial charge in [0.15, 0.2) is 0 Å². The van der Waals surface area contributed by atoms with Crippen LogP contribution in [0.15, 0.2) is 29.2 Å². The Balaban J connectivity index is 2.06. The maximum absolute atomic E-state index is 12.0. The second kappa shape index (κ2) is 5.03. The Kier molecular flexibility index (Phi) is 3.66. The number of hydrogen-bond donors (Lipinski definition) is 2. The van der Waals surface area contributed by atoms with Gasteiger partial charge in [-0.25, -0.2) is 13.1 Å². The van der Waals surface area contributed by atoms with Gasteiger partial charge in [0.2, 0.25) is 10.0 Å². The van der Waals surface area contributed by atoms with Gasteiger partial charge >= 0.3 is 0 Å². The second-order valence-electron chi connectivity index (χ2n) is 4.02. The van der Waals surface area contributed by atoms with Crippen LogP contribution in [0.2, 0.25) is 0 Å². The van der Waals surface area contributed by atoms with Crippen molar-refractivity contribution in [3.05, 3.63) is 24.3 Å². The van der Waals surface area contributed by atoms with Gasteiger partial charge in [0.1, 0.15) is 4.90 Å². The van der Waals surface area contributed by atoms with Gasteiger partial charge in [0.05, 0.1) is 11.8 Å². The molecular formula is C11H16N2O3S. The van der Waals surface area contributed by atoms with Gasteiger partial charge in [0, 0.05) is 13.2 Å². The van der Waals surface area contributed by atoms with Crippen molar-refractivity contribution in [1.29, 1.82) is 0 Å². The molecule has 94 valence electrons. The molecule has 2 rings (SSSR count). The molecule has 0 radical (unpaired) electrons. The lowest BCUT2D eigenvalue weighted by molar-refractivity contribution is 0.114. The highest BCUT2D eigenvalue weighted by atomic mass is 32.2. The lowest BCUT2D eigenvalue weighted by atomic mass is 10.2. The number of anilines is 1. The van der Waals surface area contributed by atoms with E-state index in [0.717, 1.165) is 12.8 Å². The maximum atomic E-state index is 12.0. The molecule has 0 bridgehead atoms. The fourth-order valence-electron chi connectivity index (χ4n) is 1.81. The van der Waals surface area contributed by atoms with Gasteiger partial charge in [-0.2, -0.15) is 0 Å². The highest BCUT2D eigenvalue weighted by Gasteiger charge is 2.21. The van der Waals surface area contributed by atoms with E-state index in [1.54, 1.807) is 18.2 Å². The Morgan fingerprint density at radius 2 is 2.18 bits per heavy atom. The van der Waals surface area contributed by atoms with Gasteiger partial charge in [0.25, 0.3) is 0 Å². The van der Waals surface area contributed by atoms with E-state index in [2.05, 4.69) is 4.72 Å². The summed E-state index contributed by atoms with van der Waals surface area (Å²) in [4.78, 5) is 0.123. The van der Waals surface area contributed by atoms with Gasteiger partial charge in [-0.1, -0.05) is 12.1 Å². The van der Waals surface area contributed by atoms with E-state index in [1.165, 1.54) is 6.07 Å². The molecule has 3 N–H and O–H groups in total. The van der Waals surface area contributed by atoms with E-state index >= 15 is 0 Å². The summed E-state index contributed by atoms with van der Waals surface area (Å²) in [7, 11) is -3.53. The molecule has 0 amide bonds. The van der Waals surface area contributed by atoms with Crippen LogP contribution < -0.4 is 10.5 Å². The minimum Gasteiger partial charge on any atom is -0.398 e. The molecule has 17 heavy (non-hydrogen) atoms. The number of benzene rings is 1. The summed E-state index contributed by atoms with van der Waals surface area (Å²) < 4.78 is 31.8. The molecule has 0 unspecified atom stereocenters. The van der Waals surface area contributed by atoms with Crippen LogP contribution in [0.25, 0.3) is 0 Å². The van der Waals surface area contributed by atoms with Crippen molar-refractivity contribution in [2.75, 3.05) is 18.9 Å². The Hall–Kier alpha value is -1.11. The molecule has 1 atom stereocenters. The van der Waals surface area contributed by atoms with Crippen LogP contribution in [0, 0.1) is 0 Å². The summed E-state index contributed by atoms with van der Waals surface area (Å²) >= 11 is 0. The zero-order chi connectivity index (χ0) is 12.3. The number of hydrogen-bond acceptors (Lipinski definition) is 4. The molecule has 1 saturated heterocycles. The van der Waals surface area contributed by atoms with Crippen LogP contribution in [0.4, 0.5) is 5.69 Å². The third-order valence-electron chi connectivity index (χ3n) is 2.73. The molecule has 1 aromatic carbocycles. The quantitative estimate of drug-likeness (QED) is 0.778. The molecule has 0 aromatic heterocycles. The zero-order valence-electron chi connectivity index (χ0n) is 9.43. The van der Waals surface area contributed by atoms with Crippen molar-refractivity contribution in [2.45, 2.75) is 23.8 Å². The van der Waals surface area contributed by atoms with E-state index in [4.69, 9.17) is 10.5 Å². The van der Waals surface area contributed by atoms with E-state index in [1.807, 2.05) is 0 Å². The first-order chi connectivity index (χ1) is 8.09. The van der Waals surface area contributed by atoms with E-state index < -0.39 is 10.0 Å². The SMILES string of the molecule is Nc1ccccc1S(=O)(=O)NC[C@@H]1CCCO1. The van der Waals surface area contributed by atoms with Crippen molar-refractivity contribution in [3.63, 3.8) is 0 Å². The average Bonchev–Trinajstić information content (AvgIpc) is 2.80. The normalized spacial score (nSPS) is 20.6. The minimum atomic E-state index is -3.53. The summed E-state index contributed by atoms with van der Waals surface area (Å²) in [5.41, 5.74) is 5.90. The van der Waals surface area contributed by atoms with Gasteiger partial charge in [-0.3, -0.25) is 0 Å². The molecule has 0 spiro atoms.